The number of hydrogen-bond acceptors (Lipinski definition) is 5. The largest absolute Gasteiger partial charge is 0.265 e. The number of rotatable bonds is 8. The molecule has 286 valence electrons. The topological polar surface area (TPSA) is 51.6 Å². The summed E-state index contributed by atoms with van der Waals surface area (Å²) in [5.41, 5.74) is 17.6. The molecule has 11 rings (SSSR count). The minimum atomic E-state index is 0.903. The van der Waals surface area contributed by atoms with Gasteiger partial charge < -0.3 is 0 Å². The summed E-state index contributed by atoms with van der Waals surface area (Å²) < 4.78 is 2.57. The van der Waals surface area contributed by atoms with Crippen LogP contribution in [0, 0.1) is 0 Å². The lowest BCUT2D eigenvalue weighted by Crippen LogP contribution is -1.93. The van der Waals surface area contributed by atoms with Gasteiger partial charge in [0, 0.05) is 74.0 Å². The SMILES string of the molecule is c1ccc(-c2cccc3c2sc2c(-c4cc(-c5cccnc5)cc(-c5cc(-c6ccc(-c7ccncc7)cc6)nc(-c6ccc(-c7ccncc7)cc6)c5)c4)cccc23)cc1. The monoisotopic (exact) mass is 796 g/mol. The van der Waals surface area contributed by atoms with Crippen molar-refractivity contribution in [3.63, 3.8) is 0 Å². The van der Waals surface area contributed by atoms with E-state index in [2.05, 4.69) is 167 Å². The lowest BCUT2D eigenvalue weighted by Gasteiger charge is -2.15. The van der Waals surface area contributed by atoms with Crippen molar-refractivity contribution in [2.75, 3.05) is 0 Å². The van der Waals surface area contributed by atoms with Crippen LogP contribution in [0.4, 0.5) is 0 Å². The molecule has 0 atom stereocenters. The first kappa shape index (κ1) is 36.2. The molecule has 0 unspecified atom stereocenters. The first-order chi connectivity index (χ1) is 30.2. The number of benzene rings is 6. The maximum absolute atomic E-state index is 5.34. The second-order valence-corrected chi connectivity index (χ2v) is 16.1. The van der Waals surface area contributed by atoms with Crippen LogP contribution in [0.1, 0.15) is 0 Å². The van der Waals surface area contributed by atoms with Gasteiger partial charge in [0.2, 0.25) is 0 Å². The summed E-state index contributed by atoms with van der Waals surface area (Å²) in [5.74, 6) is 0. The van der Waals surface area contributed by atoms with E-state index < -0.39 is 0 Å². The molecular formula is C56H36N4S. The lowest BCUT2D eigenvalue weighted by atomic mass is 9.92. The van der Waals surface area contributed by atoms with E-state index in [0.717, 1.165) is 72.6 Å². The van der Waals surface area contributed by atoms with Gasteiger partial charge in [-0.05, 0) is 122 Å². The van der Waals surface area contributed by atoms with Gasteiger partial charge in [-0.3, -0.25) is 15.0 Å². The van der Waals surface area contributed by atoms with Crippen molar-refractivity contribution in [2.45, 2.75) is 0 Å². The quantitative estimate of drug-likeness (QED) is 0.154. The first-order valence-electron chi connectivity index (χ1n) is 20.3. The molecule has 0 saturated heterocycles. The second kappa shape index (κ2) is 15.7. The van der Waals surface area contributed by atoms with Gasteiger partial charge in [-0.1, -0.05) is 121 Å². The van der Waals surface area contributed by atoms with Gasteiger partial charge in [-0.25, -0.2) is 4.98 Å². The molecule has 5 heteroatoms. The number of aromatic nitrogens is 4. The Kier molecular flexibility index (Phi) is 9.34. The summed E-state index contributed by atoms with van der Waals surface area (Å²) in [6.45, 7) is 0. The highest BCUT2D eigenvalue weighted by molar-refractivity contribution is 7.26. The number of hydrogen-bond donors (Lipinski definition) is 0. The van der Waals surface area contributed by atoms with Crippen LogP contribution < -0.4 is 0 Å². The van der Waals surface area contributed by atoms with Gasteiger partial charge in [0.1, 0.15) is 0 Å². The molecule has 6 aromatic carbocycles. The van der Waals surface area contributed by atoms with Crippen molar-refractivity contribution in [3.8, 4) is 89.3 Å². The molecule has 0 spiro atoms. The van der Waals surface area contributed by atoms with Crippen LogP contribution in [0.2, 0.25) is 0 Å². The predicted molar refractivity (Wildman–Crippen MR) is 254 cm³/mol. The van der Waals surface area contributed by atoms with Crippen LogP contribution in [-0.4, -0.2) is 19.9 Å². The predicted octanol–water partition coefficient (Wildman–Crippen LogP) is 15.0. The Labute approximate surface area is 358 Å². The first-order valence-corrected chi connectivity index (χ1v) is 21.1. The van der Waals surface area contributed by atoms with E-state index in [-0.39, 0.29) is 0 Å². The fourth-order valence-corrected chi connectivity index (χ4v) is 9.66. The average molecular weight is 797 g/mol. The van der Waals surface area contributed by atoms with E-state index in [1.807, 2.05) is 78.8 Å². The molecule has 4 nitrogen and oxygen atoms in total. The van der Waals surface area contributed by atoms with Crippen molar-refractivity contribution >= 4 is 31.5 Å². The van der Waals surface area contributed by atoms with E-state index in [1.54, 1.807) is 0 Å². The molecule has 0 radical (unpaired) electrons. The third-order valence-corrected chi connectivity index (χ3v) is 12.7. The van der Waals surface area contributed by atoms with Crippen molar-refractivity contribution in [3.05, 3.63) is 219 Å². The van der Waals surface area contributed by atoms with Gasteiger partial charge in [-0.2, -0.15) is 0 Å². The van der Waals surface area contributed by atoms with Gasteiger partial charge in [0.15, 0.2) is 0 Å². The van der Waals surface area contributed by atoms with Crippen molar-refractivity contribution in [1.82, 2.24) is 19.9 Å². The number of nitrogens with zero attached hydrogens (tertiary/aromatic N) is 4. The van der Waals surface area contributed by atoms with Crippen LogP contribution in [0.15, 0.2) is 219 Å². The Hall–Kier alpha value is -7.86. The van der Waals surface area contributed by atoms with Crippen LogP contribution in [0.5, 0.6) is 0 Å². The molecule has 0 aliphatic heterocycles. The molecule has 0 bridgehead atoms. The third-order valence-electron chi connectivity index (χ3n) is 11.4. The van der Waals surface area contributed by atoms with Crippen LogP contribution in [-0.2, 0) is 0 Å². The third kappa shape index (κ3) is 7.07. The summed E-state index contributed by atoms with van der Waals surface area (Å²) in [6.07, 6.45) is 11.1. The van der Waals surface area contributed by atoms with Gasteiger partial charge in [-0.15, -0.1) is 11.3 Å². The Morgan fingerprint density at radius 1 is 0.279 bits per heavy atom. The Morgan fingerprint density at radius 3 is 1.28 bits per heavy atom. The molecule has 11 aromatic rings. The van der Waals surface area contributed by atoms with Gasteiger partial charge in [0.05, 0.1) is 11.4 Å². The highest BCUT2D eigenvalue weighted by Crippen LogP contribution is 2.45. The average Bonchev–Trinajstić information content (AvgIpc) is 3.74. The fourth-order valence-electron chi connectivity index (χ4n) is 8.29. The van der Waals surface area contributed by atoms with Crippen molar-refractivity contribution < 1.29 is 0 Å². The normalized spacial score (nSPS) is 11.3. The van der Waals surface area contributed by atoms with E-state index >= 15 is 0 Å². The van der Waals surface area contributed by atoms with Crippen molar-refractivity contribution in [1.29, 1.82) is 0 Å². The maximum Gasteiger partial charge on any atom is 0.0715 e. The Balaban J connectivity index is 1.09. The maximum atomic E-state index is 5.34. The van der Waals surface area contributed by atoms with Gasteiger partial charge >= 0.3 is 0 Å². The summed E-state index contributed by atoms with van der Waals surface area (Å²) in [7, 11) is 0. The molecule has 0 aliphatic carbocycles. The fraction of sp³-hybridized carbons (Fsp3) is 0. The van der Waals surface area contributed by atoms with E-state index in [1.165, 1.54) is 36.9 Å². The molecule has 0 fully saturated rings. The minimum absolute atomic E-state index is 0.903. The van der Waals surface area contributed by atoms with Crippen LogP contribution >= 0.6 is 11.3 Å². The summed E-state index contributed by atoms with van der Waals surface area (Å²) in [4.78, 5) is 18.3. The zero-order valence-corrected chi connectivity index (χ0v) is 33.8. The van der Waals surface area contributed by atoms with Gasteiger partial charge in [0.25, 0.3) is 0 Å². The number of fused-ring (bicyclic) bond motifs is 3. The van der Waals surface area contributed by atoms with Crippen molar-refractivity contribution in [2.24, 2.45) is 0 Å². The Bertz CT molecular complexity index is 3210. The molecule has 61 heavy (non-hydrogen) atoms. The molecule has 5 aromatic heterocycles. The van der Waals surface area contributed by atoms with E-state index in [9.17, 15) is 0 Å². The zero-order valence-electron chi connectivity index (χ0n) is 33.0. The highest BCUT2D eigenvalue weighted by atomic mass is 32.1. The molecule has 0 aliphatic rings. The summed E-state index contributed by atoms with van der Waals surface area (Å²) in [6, 6.07) is 65.2. The molecular weight excluding hydrogens is 761 g/mol. The lowest BCUT2D eigenvalue weighted by molar-refractivity contribution is 1.31. The van der Waals surface area contributed by atoms with Crippen LogP contribution in [0.3, 0.4) is 0 Å². The smallest absolute Gasteiger partial charge is 0.0715 e. The standard InChI is InChI=1S/C56H36N4S/c1-2-7-41(8-3-1)49-10-4-12-51-52-13-5-11-50(56(52)61-55(49)51)48-32-45(44-9-6-26-59-36-44)31-46(33-48)47-34-53(42-18-14-37(15-19-42)39-22-27-57-28-23-39)60-54(35-47)43-20-16-38(17-21-43)40-24-29-58-30-25-40/h1-36H. The van der Waals surface area contributed by atoms with Crippen LogP contribution in [0.25, 0.3) is 109 Å². The highest BCUT2D eigenvalue weighted by Gasteiger charge is 2.17. The summed E-state index contributed by atoms with van der Waals surface area (Å²) >= 11 is 1.88. The van der Waals surface area contributed by atoms with E-state index in [4.69, 9.17) is 4.98 Å². The molecule has 0 N–H and O–H groups in total. The van der Waals surface area contributed by atoms with E-state index in [0.29, 0.717) is 0 Å². The Morgan fingerprint density at radius 2 is 0.738 bits per heavy atom. The molecule has 0 saturated carbocycles. The number of pyridine rings is 4. The molecule has 0 amide bonds. The zero-order chi connectivity index (χ0) is 40.5. The summed E-state index contributed by atoms with van der Waals surface area (Å²) in [5, 5.41) is 2.54. The number of thiophene rings is 1. The second-order valence-electron chi connectivity index (χ2n) is 15.1. The minimum Gasteiger partial charge on any atom is -0.265 e. The molecule has 5 heterocycles.